The Morgan fingerprint density at radius 3 is 1.24 bits per heavy atom. The van der Waals surface area contributed by atoms with Gasteiger partial charge in [0.05, 0.1) is 6.61 Å². The van der Waals surface area contributed by atoms with Crippen molar-refractivity contribution in [2.75, 3.05) is 141 Å². The average molecular weight is 533 g/mol. The van der Waals surface area contributed by atoms with Crippen molar-refractivity contribution in [2.45, 2.75) is 27.7 Å². The monoisotopic (exact) mass is 532 g/mol. The van der Waals surface area contributed by atoms with Crippen LogP contribution < -0.4 is 0 Å². The summed E-state index contributed by atoms with van der Waals surface area (Å²) in [5.74, 6) is 0.369. The number of ether oxygens (including phenoxy) is 2. The zero-order chi connectivity index (χ0) is 28.6. The van der Waals surface area contributed by atoms with Crippen LogP contribution >= 0.6 is 0 Å². The minimum Gasteiger partial charge on any atom is -0.388 e. The highest BCUT2D eigenvalue weighted by atomic mass is 16.5. The van der Waals surface area contributed by atoms with Crippen LogP contribution in [0.25, 0.3) is 0 Å². The number of hydrogen-bond acceptors (Lipinski definition) is 9. The Morgan fingerprint density at radius 1 is 0.622 bits per heavy atom. The molecule has 1 amide bonds. The number of carbonyl (C=O) groups excluding carboxylic acids is 2. The van der Waals surface area contributed by atoms with Crippen molar-refractivity contribution in [1.29, 1.82) is 0 Å². The minimum absolute atomic E-state index is 0.167. The number of likely N-dealkylation sites (N-methyl/N-ethyl adjacent to an activating group) is 4. The second-order valence-electron chi connectivity index (χ2n) is 10.0. The van der Waals surface area contributed by atoms with E-state index in [2.05, 4.69) is 57.3 Å². The summed E-state index contributed by atoms with van der Waals surface area (Å²) in [6.45, 7) is 23.7. The molecule has 0 aromatic heterocycles. The normalized spacial score (nSPS) is 19.6. The molecule has 0 aromatic carbocycles. The number of nitrogens with zero attached hydrogens (tertiary/aromatic N) is 6. The fourth-order valence-corrected chi connectivity index (χ4v) is 3.58. The molecule has 0 unspecified atom stereocenters. The summed E-state index contributed by atoms with van der Waals surface area (Å²) in [6, 6.07) is 0. The molecule has 3 saturated heterocycles. The molecular weight excluding hydrogens is 472 g/mol. The number of ketones is 1. The van der Waals surface area contributed by atoms with Crippen LogP contribution in [0.4, 0.5) is 0 Å². The minimum atomic E-state index is 0.167. The Balaban J connectivity index is 0. The number of amides is 1. The largest absolute Gasteiger partial charge is 0.388 e. The predicted octanol–water partition coefficient (Wildman–Crippen LogP) is 0.772. The van der Waals surface area contributed by atoms with E-state index in [0.717, 1.165) is 39.3 Å². The van der Waals surface area contributed by atoms with Crippen molar-refractivity contribution < 1.29 is 19.1 Å². The highest BCUT2D eigenvalue weighted by molar-refractivity contribution is 5.73. The van der Waals surface area contributed by atoms with E-state index in [4.69, 9.17) is 4.74 Å². The fraction of sp³-hybridized carbons (Fsp3) is 0.926. The van der Waals surface area contributed by atoms with E-state index in [1.165, 1.54) is 72.8 Å². The number of Topliss-reactive ketones (excluding diaryl/α,β-unsaturated/α-hetero) is 1. The van der Waals surface area contributed by atoms with Crippen LogP contribution in [0.1, 0.15) is 27.7 Å². The maximum Gasteiger partial charge on any atom is 0.219 e. The van der Waals surface area contributed by atoms with Gasteiger partial charge in [-0.3, -0.25) is 9.69 Å². The highest BCUT2D eigenvalue weighted by Gasteiger charge is 2.15. The molecule has 3 rings (SSSR count). The molecule has 37 heavy (non-hydrogen) atoms. The molecule has 10 nitrogen and oxygen atoms in total. The zero-order valence-electron chi connectivity index (χ0n) is 25.9. The van der Waals surface area contributed by atoms with Gasteiger partial charge in [-0.05, 0) is 41.5 Å². The van der Waals surface area contributed by atoms with Crippen molar-refractivity contribution in [3.63, 3.8) is 0 Å². The van der Waals surface area contributed by atoms with Crippen molar-refractivity contribution in [3.05, 3.63) is 0 Å². The van der Waals surface area contributed by atoms with Gasteiger partial charge in [0, 0.05) is 113 Å². The van der Waals surface area contributed by atoms with Gasteiger partial charge in [-0.2, -0.15) is 0 Å². The Hall–Kier alpha value is -1.14. The quantitative estimate of drug-likeness (QED) is 0.522. The fourth-order valence-electron chi connectivity index (χ4n) is 3.58. The molecule has 0 N–H and O–H groups in total. The topological polar surface area (TPSA) is 72.0 Å². The lowest BCUT2D eigenvalue weighted by Crippen LogP contribution is -2.46. The molecule has 10 heteroatoms. The molecule has 222 valence electrons. The summed E-state index contributed by atoms with van der Waals surface area (Å²) in [6.07, 6.45) is 0. The Kier molecular flexibility index (Phi) is 25.8. The first-order chi connectivity index (χ1) is 17.5. The van der Waals surface area contributed by atoms with Crippen molar-refractivity contribution in [2.24, 2.45) is 0 Å². The number of carbonyl (C=O) groups is 2. The smallest absolute Gasteiger partial charge is 0.219 e. The van der Waals surface area contributed by atoms with Gasteiger partial charge < -0.3 is 38.8 Å². The molecule has 3 aliphatic rings. The third kappa shape index (κ3) is 24.9. The lowest BCUT2D eigenvalue weighted by Gasteiger charge is -2.31. The van der Waals surface area contributed by atoms with Crippen LogP contribution in [0.5, 0.6) is 0 Å². The van der Waals surface area contributed by atoms with Crippen LogP contribution in [0, 0.1) is 0 Å². The van der Waals surface area contributed by atoms with Gasteiger partial charge in [0.25, 0.3) is 0 Å². The number of hydrogen-bond donors (Lipinski definition) is 0. The second-order valence-corrected chi connectivity index (χ2v) is 10.0. The molecule has 0 aromatic rings. The maximum atomic E-state index is 10.8. The molecule has 0 spiro atoms. The summed E-state index contributed by atoms with van der Waals surface area (Å²) in [5, 5.41) is 0. The van der Waals surface area contributed by atoms with Crippen LogP contribution in [-0.2, 0) is 19.1 Å². The molecule has 3 aliphatic heterocycles. The van der Waals surface area contributed by atoms with Gasteiger partial charge in [0.1, 0.15) is 5.78 Å². The summed E-state index contributed by atoms with van der Waals surface area (Å²) in [7, 11) is 11.5. The third-order valence-electron chi connectivity index (χ3n) is 6.20. The molecule has 0 aliphatic carbocycles. The summed E-state index contributed by atoms with van der Waals surface area (Å²) in [5.41, 5.74) is 0. The van der Waals surface area contributed by atoms with E-state index in [0.29, 0.717) is 0 Å². The lowest BCUT2D eigenvalue weighted by molar-refractivity contribution is -0.130. The molecule has 0 atom stereocenters. The molecule has 0 bridgehead atoms. The van der Waals surface area contributed by atoms with Gasteiger partial charge in [-0.15, -0.1) is 0 Å². The lowest BCUT2D eigenvalue weighted by atomic mass is 10.3. The standard InChI is InChI=1S/C8H18N2O.C7H14N2O.C7H16N2.C3H6O.C2H6O/c1-9-3-5-10(6-4-9)7-8-11-2;1-7(10)9-5-3-8(2)4-6-9;1-3-9-6-4-8(2)5-7-9;1-3(2)4;1-3-2/h3-8H2,1-2H3;3-6H2,1-2H3;3-7H2,1-2H3;1-2H3;1-2H3. The van der Waals surface area contributed by atoms with Crippen LogP contribution in [0.15, 0.2) is 0 Å². The van der Waals surface area contributed by atoms with Gasteiger partial charge in [-0.25, -0.2) is 0 Å². The summed E-state index contributed by atoms with van der Waals surface area (Å²) >= 11 is 0. The highest BCUT2D eigenvalue weighted by Crippen LogP contribution is 1.99. The Labute approximate surface area is 228 Å². The first-order valence-corrected chi connectivity index (χ1v) is 13.6. The first-order valence-electron chi connectivity index (χ1n) is 13.6. The van der Waals surface area contributed by atoms with Crippen molar-refractivity contribution in [1.82, 2.24) is 29.4 Å². The van der Waals surface area contributed by atoms with E-state index < -0.39 is 0 Å². The Morgan fingerprint density at radius 2 is 0.946 bits per heavy atom. The van der Waals surface area contributed by atoms with E-state index in [-0.39, 0.29) is 11.7 Å². The molecule has 0 saturated carbocycles. The van der Waals surface area contributed by atoms with Crippen LogP contribution in [-0.4, -0.2) is 182 Å². The molecule has 0 radical (unpaired) electrons. The summed E-state index contributed by atoms with van der Waals surface area (Å²) < 4.78 is 9.27. The number of rotatable bonds is 4. The van der Waals surface area contributed by atoms with E-state index in [9.17, 15) is 9.59 Å². The zero-order valence-corrected chi connectivity index (χ0v) is 25.9. The number of methoxy groups -OCH3 is 2. The third-order valence-corrected chi connectivity index (χ3v) is 6.20. The van der Waals surface area contributed by atoms with E-state index in [1.54, 1.807) is 28.3 Å². The van der Waals surface area contributed by atoms with Crippen molar-refractivity contribution in [3.8, 4) is 0 Å². The van der Waals surface area contributed by atoms with E-state index >= 15 is 0 Å². The SMILES string of the molecule is CC(=O)N1CCN(C)CC1.CC(C)=O.CCN1CCN(C)CC1.COC.COCCN1CCN(C)CC1. The Bertz CT molecular complexity index is 524. The van der Waals surface area contributed by atoms with Gasteiger partial charge in [-0.1, -0.05) is 6.92 Å². The van der Waals surface area contributed by atoms with E-state index in [1.807, 2.05) is 4.90 Å². The maximum absolute atomic E-state index is 10.8. The molecular formula is C27H60N6O4. The van der Waals surface area contributed by atoms with Gasteiger partial charge in [0.2, 0.25) is 5.91 Å². The van der Waals surface area contributed by atoms with Crippen LogP contribution in [0.2, 0.25) is 0 Å². The predicted molar refractivity (Wildman–Crippen MR) is 154 cm³/mol. The van der Waals surface area contributed by atoms with Crippen molar-refractivity contribution >= 4 is 11.7 Å². The van der Waals surface area contributed by atoms with Gasteiger partial charge in [0.15, 0.2) is 0 Å². The summed E-state index contributed by atoms with van der Waals surface area (Å²) in [4.78, 5) is 34.1. The average Bonchev–Trinajstić information content (AvgIpc) is 2.85. The molecule has 3 fully saturated rings. The molecule has 3 heterocycles. The first kappa shape index (κ1) is 38.0. The van der Waals surface area contributed by atoms with Crippen LogP contribution in [0.3, 0.4) is 0 Å². The number of piperazine rings is 3. The van der Waals surface area contributed by atoms with Gasteiger partial charge >= 0.3 is 0 Å². The second kappa shape index (κ2) is 25.2.